The number of ether oxygens (including phenoxy) is 1. The third kappa shape index (κ3) is 2.19. The first kappa shape index (κ1) is 11.8. The molecule has 0 bridgehead atoms. The maximum absolute atomic E-state index is 9.17. The maximum Gasteiger partial charge on any atom is 0.183 e. The molecule has 1 fully saturated rings. The third-order valence-corrected chi connectivity index (χ3v) is 2.99. The topological polar surface area (TPSA) is 63.7 Å². The second-order valence-corrected chi connectivity index (χ2v) is 4.54. The van der Waals surface area contributed by atoms with E-state index < -0.39 is 0 Å². The highest BCUT2D eigenvalue weighted by atomic mass is 16.5. The molecule has 0 N–H and O–H groups in total. The van der Waals surface area contributed by atoms with E-state index in [0.717, 1.165) is 12.8 Å². The summed E-state index contributed by atoms with van der Waals surface area (Å²) in [7, 11) is 7.64. The van der Waals surface area contributed by atoms with Gasteiger partial charge in [-0.1, -0.05) is 5.46 Å². The van der Waals surface area contributed by atoms with Crippen LogP contribution in [-0.2, 0) is 7.05 Å². The quantitative estimate of drug-likeness (QED) is 0.752. The Bertz CT molecular complexity index is 650. The van der Waals surface area contributed by atoms with Crippen LogP contribution in [0.2, 0.25) is 0 Å². The molecule has 1 saturated carbocycles. The number of nitriles is 1. The van der Waals surface area contributed by atoms with E-state index >= 15 is 0 Å². The van der Waals surface area contributed by atoms with Crippen LogP contribution in [0.3, 0.4) is 0 Å². The number of nitrogens with zero attached hydrogens (tertiary/aromatic N) is 4. The van der Waals surface area contributed by atoms with Crippen LogP contribution in [0.1, 0.15) is 18.5 Å². The molecule has 19 heavy (non-hydrogen) atoms. The van der Waals surface area contributed by atoms with Gasteiger partial charge >= 0.3 is 0 Å². The fourth-order valence-electron chi connectivity index (χ4n) is 1.89. The van der Waals surface area contributed by atoms with Gasteiger partial charge in [-0.25, -0.2) is 4.98 Å². The fraction of sp³-hybridized carbons (Fsp3) is 0.308. The van der Waals surface area contributed by atoms with Gasteiger partial charge in [0.25, 0.3) is 0 Å². The number of aromatic nitrogens is 3. The average molecular weight is 250 g/mol. The lowest BCUT2D eigenvalue weighted by Gasteiger charge is -2.08. The number of hydrogen-bond acceptors (Lipinski definition) is 4. The zero-order valence-corrected chi connectivity index (χ0v) is 10.5. The predicted molar refractivity (Wildman–Crippen MR) is 70.2 cm³/mol. The Morgan fingerprint density at radius 2 is 2.26 bits per heavy atom. The number of pyridine rings is 1. The Hall–Kier alpha value is -2.29. The van der Waals surface area contributed by atoms with Gasteiger partial charge in [0, 0.05) is 13.2 Å². The molecule has 2 aromatic rings. The van der Waals surface area contributed by atoms with Crippen molar-refractivity contribution in [3.63, 3.8) is 0 Å². The molecule has 2 aromatic heterocycles. The van der Waals surface area contributed by atoms with E-state index in [0.29, 0.717) is 22.6 Å². The van der Waals surface area contributed by atoms with Gasteiger partial charge in [0.15, 0.2) is 11.4 Å². The van der Waals surface area contributed by atoms with Crippen molar-refractivity contribution in [2.45, 2.75) is 18.9 Å². The van der Waals surface area contributed by atoms with Crippen LogP contribution in [0.15, 0.2) is 18.3 Å². The first-order chi connectivity index (χ1) is 9.19. The molecule has 0 saturated heterocycles. The van der Waals surface area contributed by atoms with Crippen molar-refractivity contribution in [2.75, 3.05) is 0 Å². The van der Waals surface area contributed by atoms with E-state index in [4.69, 9.17) is 17.8 Å². The Labute approximate surface area is 112 Å². The van der Waals surface area contributed by atoms with Gasteiger partial charge < -0.3 is 4.74 Å². The molecule has 0 aliphatic heterocycles. The third-order valence-electron chi connectivity index (χ3n) is 2.99. The first-order valence-corrected chi connectivity index (χ1v) is 6.04. The van der Waals surface area contributed by atoms with Crippen LogP contribution in [0.5, 0.6) is 5.75 Å². The average Bonchev–Trinajstić information content (AvgIpc) is 3.16. The van der Waals surface area contributed by atoms with E-state index in [2.05, 4.69) is 16.2 Å². The van der Waals surface area contributed by atoms with Crippen molar-refractivity contribution in [1.82, 2.24) is 14.8 Å². The van der Waals surface area contributed by atoms with Crippen molar-refractivity contribution in [2.24, 2.45) is 7.05 Å². The summed E-state index contributed by atoms with van der Waals surface area (Å²) in [5.41, 5.74) is 2.14. The second-order valence-electron chi connectivity index (χ2n) is 4.54. The van der Waals surface area contributed by atoms with Crippen molar-refractivity contribution in [3.8, 4) is 23.2 Å². The zero-order valence-electron chi connectivity index (χ0n) is 10.5. The first-order valence-electron chi connectivity index (χ1n) is 6.04. The lowest BCUT2D eigenvalue weighted by Crippen LogP contribution is -2.08. The molecular formula is C13H11BN4O. The van der Waals surface area contributed by atoms with Crippen molar-refractivity contribution < 1.29 is 4.74 Å². The standard InChI is InChI=1S/C13H11BN4O/c1-18-13(9(14)7-16-18)10-4-5-12(11(6-15)17-10)19-8-2-3-8/h4-5,7-8H,2-3H2,1H3. The van der Waals surface area contributed by atoms with E-state index in [1.807, 2.05) is 0 Å². The summed E-state index contributed by atoms with van der Waals surface area (Å²) < 4.78 is 7.28. The number of aryl methyl sites for hydroxylation is 1. The summed E-state index contributed by atoms with van der Waals surface area (Å²) in [5, 5.41) is 13.2. The van der Waals surface area contributed by atoms with E-state index in [1.165, 1.54) is 0 Å². The van der Waals surface area contributed by atoms with Crippen LogP contribution in [0.25, 0.3) is 11.4 Å². The molecule has 0 spiro atoms. The Kier molecular flexibility index (Phi) is 2.75. The van der Waals surface area contributed by atoms with Gasteiger partial charge in [0.2, 0.25) is 0 Å². The highest BCUT2D eigenvalue weighted by Gasteiger charge is 2.25. The summed E-state index contributed by atoms with van der Waals surface area (Å²) in [6, 6.07) is 5.63. The van der Waals surface area contributed by atoms with Crippen molar-refractivity contribution in [3.05, 3.63) is 24.0 Å². The molecule has 0 atom stereocenters. The Morgan fingerprint density at radius 3 is 2.84 bits per heavy atom. The van der Waals surface area contributed by atoms with Crippen molar-refractivity contribution >= 4 is 13.3 Å². The molecule has 2 heterocycles. The van der Waals surface area contributed by atoms with E-state index in [1.54, 1.807) is 30.1 Å². The summed E-state index contributed by atoms with van der Waals surface area (Å²) in [5.74, 6) is 0.537. The molecule has 1 aliphatic rings. The molecule has 6 heteroatoms. The smallest absolute Gasteiger partial charge is 0.183 e. The lowest BCUT2D eigenvalue weighted by molar-refractivity contribution is 0.301. The fourth-order valence-corrected chi connectivity index (χ4v) is 1.89. The van der Waals surface area contributed by atoms with Crippen LogP contribution in [0.4, 0.5) is 0 Å². The molecule has 0 unspecified atom stereocenters. The SMILES string of the molecule is [B]c1cnn(C)c1-c1ccc(OC2CC2)c(C#N)n1. The molecule has 3 rings (SSSR count). The molecule has 1 aliphatic carbocycles. The van der Waals surface area contributed by atoms with Gasteiger partial charge in [-0.15, -0.1) is 0 Å². The molecule has 92 valence electrons. The number of rotatable bonds is 3. The molecule has 0 aromatic carbocycles. The van der Waals surface area contributed by atoms with Crippen LogP contribution < -0.4 is 10.2 Å². The molecule has 5 nitrogen and oxygen atoms in total. The number of hydrogen-bond donors (Lipinski definition) is 0. The van der Waals surface area contributed by atoms with E-state index in [-0.39, 0.29) is 11.8 Å². The monoisotopic (exact) mass is 250 g/mol. The summed E-state index contributed by atoms with van der Waals surface area (Å²) in [4.78, 5) is 4.31. The predicted octanol–water partition coefficient (Wildman–Crippen LogP) is 0.689. The maximum atomic E-state index is 9.17. The summed E-state index contributed by atoms with van der Waals surface area (Å²) >= 11 is 0. The summed E-state index contributed by atoms with van der Waals surface area (Å²) in [6.45, 7) is 0. The minimum atomic E-state index is 0.238. The van der Waals surface area contributed by atoms with Gasteiger partial charge in [0.1, 0.15) is 13.9 Å². The lowest BCUT2D eigenvalue weighted by atomic mass is 9.95. The van der Waals surface area contributed by atoms with Gasteiger partial charge in [-0.3, -0.25) is 4.68 Å². The molecule has 0 amide bonds. The van der Waals surface area contributed by atoms with Crippen molar-refractivity contribution in [1.29, 1.82) is 5.26 Å². The Morgan fingerprint density at radius 1 is 1.47 bits per heavy atom. The van der Waals surface area contributed by atoms with Gasteiger partial charge in [-0.05, 0) is 25.0 Å². The highest BCUT2D eigenvalue weighted by molar-refractivity contribution is 6.35. The van der Waals surface area contributed by atoms with Crippen LogP contribution in [-0.4, -0.2) is 28.7 Å². The summed E-state index contributed by atoms with van der Waals surface area (Å²) in [6.07, 6.45) is 3.89. The largest absolute Gasteiger partial charge is 0.487 e. The zero-order chi connectivity index (χ0) is 13.4. The Balaban J connectivity index is 2.02. The van der Waals surface area contributed by atoms with Gasteiger partial charge in [0.05, 0.1) is 17.5 Å². The van der Waals surface area contributed by atoms with Crippen LogP contribution >= 0.6 is 0 Å². The van der Waals surface area contributed by atoms with E-state index in [9.17, 15) is 0 Å². The minimum Gasteiger partial charge on any atom is -0.487 e. The minimum absolute atomic E-state index is 0.238. The molecular weight excluding hydrogens is 239 g/mol. The normalized spacial score (nSPS) is 14.1. The van der Waals surface area contributed by atoms with Crippen LogP contribution in [0, 0.1) is 11.3 Å². The second kappa shape index (κ2) is 4.43. The highest BCUT2D eigenvalue weighted by Crippen LogP contribution is 2.29. The van der Waals surface area contributed by atoms with Gasteiger partial charge in [-0.2, -0.15) is 10.4 Å². The molecule has 2 radical (unpaired) electrons.